The summed E-state index contributed by atoms with van der Waals surface area (Å²) in [6.45, 7) is 5.89. The zero-order valence-corrected chi connectivity index (χ0v) is 14.9. The van der Waals surface area contributed by atoms with Gasteiger partial charge in [-0.1, -0.05) is 13.8 Å². The van der Waals surface area contributed by atoms with Gasteiger partial charge < -0.3 is 31.9 Å². The molecule has 0 aromatic carbocycles. The van der Waals surface area contributed by atoms with Crippen LogP contribution in [0.5, 0.6) is 0 Å². The van der Waals surface area contributed by atoms with Gasteiger partial charge in [0, 0.05) is 0 Å². The lowest BCUT2D eigenvalue weighted by Crippen LogP contribution is -2.57. The Labute approximate surface area is 146 Å². The smallest absolute Gasteiger partial charge is 0.322 e. The number of carboxylic acid groups (broad SMARTS) is 1. The minimum atomic E-state index is -1.20. The first-order valence-electron chi connectivity index (χ1n) is 7.99. The molecular weight excluding hydrogens is 332 g/mol. The molecule has 0 bridgehead atoms. The molecule has 4 atom stereocenters. The normalized spacial score (nSPS) is 15.6. The van der Waals surface area contributed by atoms with E-state index in [0.29, 0.717) is 6.42 Å². The van der Waals surface area contributed by atoms with Gasteiger partial charge in [-0.15, -0.1) is 0 Å². The molecule has 25 heavy (non-hydrogen) atoms. The van der Waals surface area contributed by atoms with E-state index < -0.39 is 54.5 Å². The summed E-state index contributed by atoms with van der Waals surface area (Å²) in [4.78, 5) is 46.4. The van der Waals surface area contributed by atoms with Crippen LogP contribution in [0.25, 0.3) is 0 Å². The average Bonchev–Trinajstić information content (AvgIpc) is 2.49. The molecule has 0 aliphatic rings. The maximum absolute atomic E-state index is 12.3. The van der Waals surface area contributed by atoms with Gasteiger partial charge in [0.05, 0.1) is 6.10 Å². The van der Waals surface area contributed by atoms with Gasteiger partial charge in [-0.25, -0.2) is 0 Å². The van der Waals surface area contributed by atoms with Crippen LogP contribution in [0.1, 0.15) is 34.1 Å². The molecule has 144 valence electrons. The summed E-state index contributed by atoms with van der Waals surface area (Å²) in [7, 11) is 0. The Bertz CT molecular complexity index is 494. The van der Waals surface area contributed by atoms with Crippen LogP contribution in [0.3, 0.4) is 0 Å². The maximum atomic E-state index is 12.3. The highest BCUT2D eigenvalue weighted by atomic mass is 16.4. The second-order valence-corrected chi connectivity index (χ2v) is 6.30. The number of nitrogens with one attached hydrogen (secondary N) is 3. The number of carbonyl (C=O) groups excluding carboxylic acids is 3. The molecule has 0 aliphatic heterocycles. The van der Waals surface area contributed by atoms with Crippen molar-refractivity contribution in [1.29, 1.82) is 0 Å². The van der Waals surface area contributed by atoms with Crippen LogP contribution in [-0.4, -0.2) is 64.7 Å². The van der Waals surface area contributed by atoms with Crippen molar-refractivity contribution in [2.75, 3.05) is 6.54 Å². The molecule has 0 heterocycles. The summed E-state index contributed by atoms with van der Waals surface area (Å²) < 4.78 is 0. The second kappa shape index (κ2) is 10.6. The molecule has 4 unspecified atom stereocenters. The summed E-state index contributed by atoms with van der Waals surface area (Å²) in [5.74, 6) is -3.08. The molecule has 10 heteroatoms. The monoisotopic (exact) mass is 360 g/mol. The van der Waals surface area contributed by atoms with Crippen molar-refractivity contribution in [1.82, 2.24) is 16.0 Å². The summed E-state index contributed by atoms with van der Waals surface area (Å²) in [5.41, 5.74) is 5.54. The topological polar surface area (TPSA) is 171 Å². The lowest BCUT2D eigenvalue weighted by molar-refractivity contribution is -0.138. The zero-order valence-electron chi connectivity index (χ0n) is 14.9. The van der Waals surface area contributed by atoms with E-state index in [1.54, 1.807) is 0 Å². The largest absolute Gasteiger partial charge is 0.480 e. The summed E-state index contributed by atoms with van der Waals surface area (Å²) >= 11 is 0. The first-order valence-corrected chi connectivity index (χ1v) is 7.99. The quantitative estimate of drug-likeness (QED) is 0.260. The van der Waals surface area contributed by atoms with Crippen molar-refractivity contribution in [2.24, 2.45) is 11.7 Å². The van der Waals surface area contributed by atoms with Crippen molar-refractivity contribution in [3.8, 4) is 0 Å². The minimum Gasteiger partial charge on any atom is -0.480 e. The van der Waals surface area contributed by atoms with Gasteiger partial charge in [0.2, 0.25) is 17.7 Å². The van der Waals surface area contributed by atoms with Gasteiger partial charge in [-0.3, -0.25) is 19.2 Å². The fourth-order valence-electron chi connectivity index (χ4n) is 1.89. The third-order valence-electron chi connectivity index (χ3n) is 3.33. The summed E-state index contributed by atoms with van der Waals surface area (Å²) in [5, 5.41) is 24.9. The SMILES string of the molecule is CC(C)CC(NC(=O)C(N)C(C)O)C(=O)NC(C)C(=O)NCC(=O)O. The predicted octanol–water partition coefficient (Wildman–Crippen LogP) is -2.07. The molecule has 0 saturated carbocycles. The Hall–Kier alpha value is -2.20. The highest BCUT2D eigenvalue weighted by Crippen LogP contribution is 2.06. The van der Waals surface area contributed by atoms with Gasteiger partial charge in [0.25, 0.3) is 0 Å². The highest BCUT2D eigenvalue weighted by molar-refractivity contribution is 5.93. The minimum absolute atomic E-state index is 0.0648. The van der Waals surface area contributed by atoms with E-state index in [0.717, 1.165) is 0 Å². The number of aliphatic hydroxyl groups is 1. The standard InChI is InChI=1S/C15H28N4O6/c1-7(2)5-10(19-15(25)12(16)9(4)20)14(24)18-8(3)13(23)17-6-11(21)22/h7-10,12,20H,5-6,16H2,1-4H3,(H,17,23)(H,18,24)(H,19,25)(H,21,22). The Morgan fingerprint density at radius 3 is 1.96 bits per heavy atom. The van der Waals surface area contributed by atoms with Crippen LogP contribution < -0.4 is 21.7 Å². The molecule has 10 nitrogen and oxygen atoms in total. The average molecular weight is 360 g/mol. The van der Waals surface area contributed by atoms with E-state index in [9.17, 15) is 24.3 Å². The van der Waals surface area contributed by atoms with E-state index in [-0.39, 0.29) is 5.92 Å². The highest BCUT2D eigenvalue weighted by Gasteiger charge is 2.28. The molecule has 0 rings (SSSR count). The lowest BCUT2D eigenvalue weighted by atomic mass is 10.0. The molecule has 3 amide bonds. The van der Waals surface area contributed by atoms with Gasteiger partial charge in [0.15, 0.2) is 0 Å². The van der Waals surface area contributed by atoms with Crippen molar-refractivity contribution in [2.45, 2.75) is 58.3 Å². The number of hydrogen-bond donors (Lipinski definition) is 6. The van der Waals surface area contributed by atoms with Gasteiger partial charge >= 0.3 is 5.97 Å². The van der Waals surface area contributed by atoms with Crippen molar-refractivity contribution < 1.29 is 29.4 Å². The number of carbonyl (C=O) groups is 4. The van der Waals surface area contributed by atoms with E-state index in [4.69, 9.17) is 10.8 Å². The molecule has 0 saturated heterocycles. The predicted molar refractivity (Wildman–Crippen MR) is 89.3 cm³/mol. The number of aliphatic carboxylic acids is 1. The first-order chi connectivity index (χ1) is 11.5. The van der Waals surface area contributed by atoms with E-state index in [1.165, 1.54) is 13.8 Å². The van der Waals surface area contributed by atoms with E-state index >= 15 is 0 Å². The number of hydrogen-bond acceptors (Lipinski definition) is 6. The number of aliphatic hydroxyl groups excluding tert-OH is 1. The van der Waals surface area contributed by atoms with Crippen molar-refractivity contribution >= 4 is 23.7 Å². The lowest BCUT2D eigenvalue weighted by Gasteiger charge is -2.24. The van der Waals surface area contributed by atoms with Crippen molar-refractivity contribution in [3.05, 3.63) is 0 Å². The number of nitrogens with two attached hydrogens (primary N) is 1. The van der Waals surface area contributed by atoms with Gasteiger partial charge in [0.1, 0.15) is 24.7 Å². The zero-order chi connectivity index (χ0) is 19.7. The maximum Gasteiger partial charge on any atom is 0.322 e. The Balaban J connectivity index is 4.85. The number of amides is 3. The Kier molecular flexibility index (Phi) is 9.69. The van der Waals surface area contributed by atoms with E-state index in [1.807, 2.05) is 13.8 Å². The number of carboxylic acids is 1. The van der Waals surface area contributed by atoms with Crippen LogP contribution >= 0.6 is 0 Å². The van der Waals surface area contributed by atoms with Gasteiger partial charge in [-0.05, 0) is 26.2 Å². The van der Waals surface area contributed by atoms with Crippen LogP contribution in [0.2, 0.25) is 0 Å². The molecule has 0 aliphatic carbocycles. The number of rotatable bonds is 10. The second-order valence-electron chi connectivity index (χ2n) is 6.30. The summed E-state index contributed by atoms with van der Waals surface area (Å²) in [6, 6.07) is -3.10. The fraction of sp³-hybridized carbons (Fsp3) is 0.733. The van der Waals surface area contributed by atoms with Crippen LogP contribution in [0.4, 0.5) is 0 Å². The third kappa shape index (κ3) is 9.01. The first kappa shape index (κ1) is 22.8. The van der Waals surface area contributed by atoms with Crippen molar-refractivity contribution in [3.63, 3.8) is 0 Å². The van der Waals surface area contributed by atoms with Gasteiger partial charge in [-0.2, -0.15) is 0 Å². The third-order valence-corrected chi connectivity index (χ3v) is 3.33. The van der Waals surface area contributed by atoms with E-state index in [2.05, 4.69) is 16.0 Å². The summed E-state index contributed by atoms with van der Waals surface area (Å²) in [6.07, 6.45) is -0.781. The van der Waals surface area contributed by atoms with Crippen LogP contribution in [0.15, 0.2) is 0 Å². The molecular formula is C15H28N4O6. The molecule has 0 spiro atoms. The molecule has 0 aromatic rings. The molecule has 0 radical (unpaired) electrons. The fourth-order valence-corrected chi connectivity index (χ4v) is 1.89. The molecule has 0 aromatic heterocycles. The molecule has 0 fully saturated rings. The molecule has 7 N–H and O–H groups in total. The Morgan fingerprint density at radius 2 is 1.52 bits per heavy atom. The van der Waals surface area contributed by atoms with Crippen LogP contribution in [0, 0.1) is 5.92 Å². The van der Waals surface area contributed by atoms with Crippen LogP contribution in [-0.2, 0) is 19.2 Å². The Morgan fingerprint density at radius 1 is 0.960 bits per heavy atom.